The molecule has 2 N–H and O–H groups in total. The van der Waals surface area contributed by atoms with E-state index in [0.29, 0.717) is 10.8 Å². The van der Waals surface area contributed by atoms with Crippen LogP contribution in [0.4, 0.5) is 0 Å². The van der Waals surface area contributed by atoms with Crippen molar-refractivity contribution in [3.8, 4) is 0 Å². The lowest BCUT2D eigenvalue weighted by molar-refractivity contribution is -0.123. The maximum atomic E-state index is 12.3. The molecule has 0 aromatic carbocycles. The van der Waals surface area contributed by atoms with Crippen LogP contribution in [0.15, 0.2) is 28.9 Å². The molecule has 0 aliphatic heterocycles. The summed E-state index contributed by atoms with van der Waals surface area (Å²) in [6, 6.07) is 5.68. The Morgan fingerprint density at radius 3 is 3.00 bits per heavy atom. The lowest BCUT2D eigenvalue weighted by Crippen LogP contribution is -2.42. The Labute approximate surface area is 144 Å². The highest BCUT2D eigenvalue weighted by Crippen LogP contribution is 2.47. The molecule has 1 saturated carbocycles. The number of hydrogen-bond donors (Lipinski definition) is 2. The summed E-state index contributed by atoms with van der Waals surface area (Å²) in [6.45, 7) is 2.24. The highest BCUT2D eigenvalue weighted by atomic mass is 32.1. The van der Waals surface area contributed by atoms with E-state index in [-0.39, 0.29) is 23.7 Å². The smallest absolute Gasteiger partial charge is 0.279 e. The quantitative estimate of drug-likeness (QED) is 0.841. The molecular formula is C18H20N2O3S. The van der Waals surface area contributed by atoms with Crippen LogP contribution in [-0.2, 0) is 17.6 Å². The zero-order valence-electron chi connectivity index (χ0n) is 13.5. The highest BCUT2D eigenvalue weighted by Gasteiger charge is 2.46. The number of nitrogens with one attached hydrogen (secondary N) is 2. The molecule has 0 bridgehead atoms. The van der Waals surface area contributed by atoms with Crippen molar-refractivity contribution < 1.29 is 14.0 Å². The van der Waals surface area contributed by atoms with Gasteiger partial charge in [0, 0.05) is 10.8 Å². The first-order valence-corrected chi connectivity index (χ1v) is 9.18. The molecule has 2 heterocycles. The van der Waals surface area contributed by atoms with Crippen molar-refractivity contribution in [1.82, 2.24) is 10.9 Å². The normalized spacial score (nSPS) is 25.0. The second kappa shape index (κ2) is 6.09. The van der Waals surface area contributed by atoms with Crippen LogP contribution in [0.5, 0.6) is 0 Å². The highest BCUT2D eigenvalue weighted by molar-refractivity contribution is 7.14. The van der Waals surface area contributed by atoms with Crippen LogP contribution < -0.4 is 10.9 Å². The van der Waals surface area contributed by atoms with Crippen molar-refractivity contribution in [3.05, 3.63) is 45.5 Å². The van der Waals surface area contributed by atoms with Crippen LogP contribution in [-0.4, -0.2) is 11.8 Å². The monoisotopic (exact) mass is 344 g/mol. The Balaban J connectivity index is 1.32. The number of carbonyl (C=O) groups excluding carboxylic acids is 2. The number of furan rings is 1. The average Bonchev–Trinajstić information content (AvgIpc) is 2.99. The number of amides is 2. The standard InChI is InChI=1S/C18H20N2O3S/c1-10-4-5-15-11(7-10)8-16(24-15)18(22)20-19-17(21)13-9-12(13)14-3-2-6-23-14/h2-3,6,8,10,12-13H,4-5,7,9H2,1H3,(H,19,21)(H,20,22). The predicted octanol–water partition coefficient (Wildman–Crippen LogP) is 3.03. The molecule has 1 fully saturated rings. The summed E-state index contributed by atoms with van der Waals surface area (Å²) in [4.78, 5) is 26.4. The second-order valence-corrected chi connectivity index (χ2v) is 7.95. The number of fused-ring (bicyclic) bond motifs is 1. The van der Waals surface area contributed by atoms with E-state index in [1.807, 2.05) is 18.2 Å². The van der Waals surface area contributed by atoms with E-state index in [9.17, 15) is 9.59 Å². The number of carbonyl (C=O) groups is 2. The fraction of sp³-hybridized carbons (Fsp3) is 0.444. The van der Waals surface area contributed by atoms with Crippen molar-refractivity contribution in [2.24, 2.45) is 11.8 Å². The largest absolute Gasteiger partial charge is 0.469 e. The van der Waals surface area contributed by atoms with Crippen molar-refractivity contribution in [2.45, 2.75) is 38.5 Å². The van der Waals surface area contributed by atoms with Crippen LogP contribution in [0, 0.1) is 11.8 Å². The SMILES string of the molecule is CC1CCc2sc(C(=O)NNC(=O)C3CC3c3ccco3)cc2C1. The molecule has 5 nitrogen and oxygen atoms in total. The molecule has 2 amide bonds. The van der Waals surface area contributed by atoms with Crippen molar-refractivity contribution in [1.29, 1.82) is 0 Å². The second-order valence-electron chi connectivity index (χ2n) is 6.81. The zero-order chi connectivity index (χ0) is 16.7. The fourth-order valence-electron chi connectivity index (χ4n) is 3.39. The maximum absolute atomic E-state index is 12.3. The topological polar surface area (TPSA) is 71.3 Å². The van der Waals surface area contributed by atoms with E-state index < -0.39 is 0 Å². The molecule has 3 atom stereocenters. The molecule has 4 rings (SSSR count). The van der Waals surface area contributed by atoms with E-state index in [0.717, 1.165) is 25.0 Å². The van der Waals surface area contributed by atoms with Gasteiger partial charge in [-0.3, -0.25) is 20.4 Å². The molecule has 0 saturated heterocycles. The van der Waals surface area contributed by atoms with Crippen LogP contribution >= 0.6 is 11.3 Å². The molecule has 6 heteroatoms. The van der Waals surface area contributed by atoms with Crippen molar-refractivity contribution >= 4 is 23.2 Å². The van der Waals surface area contributed by atoms with E-state index >= 15 is 0 Å². The van der Waals surface area contributed by atoms with Crippen LogP contribution in [0.25, 0.3) is 0 Å². The Morgan fingerprint density at radius 1 is 1.33 bits per heavy atom. The molecule has 2 aromatic rings. The van der Waals surface area contributed by atoms with Gasteiger partial charge in [0.05, 0.1) is 17.1 Å². The van der Waals surface area contributed by atoms with Crippen LogP contribution in [0.1, 0.15) is 51.6 Å². The van der Waals surface area contributed by atoms with Gasteiger partial charge in [-0.05, 0) is 55.4 Å². The van der Waals surface area contributed by atoms with Gasteiger partial charge in [0.25, 0.3) is 5.91 Å². The molecule has 0 spiro atoms. The number of aryl methyl sites for hydroxylation is 1. The Morgan fingerprint density at radius 2 is 2.21 bits per heavy atom. The summed E-state index contributed by atoms with van der Waals surface area (Å²) in [5.41, 5.74) is 6.39. The molecule has 24 heavy (non-hydrogen) atoms. The third kappa shape index (κ3) is 2.98. The van der Waals surface area contributed by atoms with Gasteiger partial charge in [-0.25, -0.2) is 0 Å². The van der Waals surface area contributed by atoms with Gasteiger partial charge < -0.3 is 4.42 Å². The molecule has 2 aliphatic rings. The molecule has 2 aromatic heterocycles. The third-order valence-corrected chi connectivity index (χ3v) is 6.12. The Bertz CT molecular complexity index is 765. The Kier molecular flexibility index (Phi) is 3.92. The third-order valence-electron chi connectivity index (χ3n) is 4.89. The van der Waals surface area contributed by atoms with Gasteiger partial charge in [0.2, 0.25) is 5.91 Å². The molecule has 2 aliphatic carbocycles. The molecule has 0 radical (unpaired) electrons. The minimum absolute atomic E-state index is 0.117. The summed E-state index contributed by atoms with van der Waals surface area (Å²) in [5, 5.41) is 0. The van der Waals surface area contributed by atoms with E-state index in [1.165, 1.54) is 16.9 Å². The van der Waals surface area contributed by atoms with Crippen LogP contribution in [0.2, 0.25) is 0 Å². The van der Waals surface area contributed by atoms with Crippen LogP contribution in [0.3, 0.4) is 0 Å². The first kappa shape index (κ1) is 15.4. The lowest BCUT2D eigenvalue weighted by Gasteiger charge is -2.16. The molecule has 126 valence electrons. The fourth-order valence-corrected chi connectivity index (χ4v) is 4.50. The summed E-state index contributed by atoms with van der Waals surface area (Å²) >= 11 is 1.54. The predicted molar refractivity (Wildman–Crippen MR) is 90.7 cm³/mol. The van der Waals surface area contributed by atoms with Gasteiger partial charge >= 0.3 is 0 Å². The number of thiophene rings is 1. The number of rotatable bonds is 3. The van der Waals surface area contributed by atoms with E-state index in [2.05, 4.69) is 17.8 Å². The van der Waals surface area contributed by atoms with Gasteiger partial charge in [0.15, 0.2) is 0 Å². The minimum Gasteiger partial charge on any atom is -0.469 e. The van der Waals surface area contributed by atoms with Crippen molar-refractivity contribution in [3.63, 3.8) is 0 Å². The van der Waals surface area contributed by atoms with Gasteiger partial charge in [-0.2, -0.15) is 0 Å². The first-order valence-electron chi connectivity index (χ1n) is 8.37. The first-order chi connectivity index (χ1) is 11.6. The Hall–Kier alpha value is -2.08. The average molecular weight is 344 g/mol. The molecule has 3 unspecified atom stereocenters. The zero-order valence-corrected chi connectivity index (χ0v) is 14.3. The van der Waals surface area contributed by atoms with Gasteiger partial charge in [0.1, 0.15) is 5.76 Å². The summed E-state index contributed by atoms with van der Waals surface area (Å²) in [5.74, 6) is 1.14. The minimum atomic E-state index is -0.231. The van der Waals surface area contributed by atoms with Crippen molar-refractivity contribution in [2.75, 3.05) is 0 Å². The number of hydrazine groups is 1. The summed E-state index contributed by atoms with van der Waals surface area (Å²) in [6.07, 6.45) is 5.65. The number of hydrogen-bond acceptors (Lipinski definition) is 4. The maximum Gasteiger partial charge on any atom is 0.279 e. The van der Waals surface area contributed by atoms with Gasteiger partial charge in [-0.1, -0.05) is 6.92 Å². The lowest BCUT2D eigenvalue weighted by atomic mass is 9.90. The van der Waals surface area contributed by atoms with E-state index in [4.69, 9.17) is 4.42 Å². The van der Waals surface area contributed by atoms with E-state index in [1.54, 1.807) is 17.6 Å². The molecular weight excluding hydrogens is 324 g/mol. The summed E-state index contributed by atoms with van der Waals surface area (Å²) < 4.78 is 5.32. The summed E-state index contributed by atoms with van der Waals surface area (Å²) in [7, 11) is 0. The van der Waals surface area contributed by atoms with Gasteiger partial charge in [-0.15, -0.1) is 11.3 Å².